The van der Waals surface area contributed by atoms with Gasteiger partial charge in [-0.25, -0.2) is 9.67 Å². The van der Waals surface area contributed by atoms with Crippen molar-refractivity contribution in [1.29, 1.82) is 0 Å². The molecule has 170 valence electrons. The van der Waals surface area contributed by atoms with E-state index in [2.05, 4.69) is 53.7 Å². The zero-order chi connectivity index (χ0) is 23.5. The Kier molecular flexibility index (Phi) is 6.31. The summed E-state index contributed by atoms with van der Waals surface area (Å²) in [6.45, 7) is 8.35. The standard InChI is InChI=1S/C26H30N6O/c1-18(2)32-24(13-14-28-32)31-19(3)17-22(20(31)4)11-12-23(33)29-25(21-9-7-6-8-10-21)26-27-15-16-30(26)5/h6-18,25H,1-5H3,(H,29,33)/b12-11+. The smallest absolute Gasteiger partial charge is 0.244 e. The van der Waals surface area contributed by atoms with Crippen molar-refractivity contribution < 1.29 is 4.79 Å². The van der Waals surface area contributed by atoms with Crippen LogP contribution in [0.4, 0.5) is 0 Å². The molecule has 3 heterocycles. The van der Waals surface area contributed by atoms with Gasteiger partial charge in [0.25, 0.3) is 0 Å². The summed E-state index contributed by atoms with van der Waals surface area (Å²) in [5, 5.41) is 7.57. The zero-order valence-electron chi connectivity index (χ0n) is 19.7. The SMILES string of the molecule is Cc1cc(/C=C/C(=O)NC(c2ccccc2)c2nccn2C)c(C)n1-c1ccnn1C(C)C. The van der Waals surface area contributed by atoms with E-state index in [-0.39, 0.29) is 18.0 Å². The molecule has 0 bridgehead atoms. The fraction of sp³-hybridized carbons (Fsp3) is 0.269. The number of carbonyl (C=O) groups excluding carboxylic acids is 1. The van der Waals surface area contributed by atoms with Crippen molar-refractivity contribution in [3.05, 3.63) is 95.5 Å². The van der Waals surface area contributed by atoms with E-state index in [9.17, 15) is 4.79 Å². The van der Waals surface area contributed by atoms with E-state index in [1.165, 1.54) is 0 Å². The summed E-state index contributed by atoms with van der Waals surface area (Å²) < 4.78 is 6.09. The predicted molar refractivity (Wildman–Crippen MR) is 130 cm³/mol. The van der Waals surface area contributed by atoms with Gasteiger partial charge < -0.3 is 14.5 Å². The average molecular weight is 443 g/mol. The molecule has 0 fully saturated rings. The molecule has 0 aliphatic heterocycles. The number of hydrogen-bond donors (Lipinski definition) is 1. The number of aromatic nitrogens is 5. The molecule has 1 unspecified atom stereocenters. The molecule has 0 saturated carbocycles. The number of rotatable bonds is 7. The van der Waals surface area contributed by atoms with Gasteiger partial charge in [0.1, 0.15) is 17.7 Å². The Labute approximate surface area is 194 Å². The van der Waals surface area contributed by atoms with E-state index in [1.54, 1.807) is 12.3 Å². The maximum atomic E-state index is 12.9. The zero-order valence-corrected chi connectivity index (χ0v) is 19.7. The fourth-order valence-corrected chi connectivity index (χ4v) is 4.14. The van der Waals surface area contributed by atoms with Crippen molar-refractivity contribution in [2.24, 2.45) is 7.05 Å². The summed E-state index contributed by atoms with van der Waals surface area (Å²) in [5.74, 6) is 1.62. The van der Waals surface area contributed by atoms with Crippen LogP contribution in [-0.4, -0.2) is 29.8 Å². The van der Waals surface area contributed by atoms with Crippen LogP contribution < -0.4 is 5.32 Å². The third-order valence-electron chi connectivity index (χ3n) is 5.79. The van der Waals surface area contributed by atoms with E-state index in [0.29, 0.717) is 0 Å². The number of amides is 1. The topological polar surface area (TPSA) is 69.7 Å². The second-order valence-electron chi connectivity index (χ2n) is 8.47. The molecular weight excluding hydrogens is 412 g/mol. The molecule has 1 aromatic carbocycles. The van der Waals surface area contributed by atoms with Crippen LogP contribution in [0.1, 0.15) is 54.3 Å². The van der Waals surface area contributed by atoms with Crippen molar-refractivity contribution in [1.82, 2.24) is 29.2 Å². The number of hydrogen-bond acceptors (Lipinski definition) is 3. The first-order valence-electron chi connectivity index (χ1n) is 11.1. The van der Waals surface area contributed by atoms with Gasteiger partial charge in [-0.05, 0) is 51.0 Å². The molecule has 1 amide bonds. The van der Waals surface area contributed by atoms with E-state index >= 15 is 0 Å². The van der Waals surface area contributed by atoms with Crippen LogP contribution in [0, 0.1) is 13.8 Å². The van der Waals surface area contributed by atoms with Gasteiger partial charge in [0.15, 0.2) is 0 Å². The lowest BCUT2D eigenvalue weighted by Gasteiger charge is -2.18. The molecule has 4 rings (SSSR count). The van der Waals surface area contributed by atoms with Crippen molar-refractivity contribution in [2.45, 2.75) is 39.8 Å². The summed E-state index contributed by atoms with van der Waals surface area (Å²) in [7, 11) is 1.93. The van der Waals surface area contributed by atoms with E-state index in [0.717, 1.165) is 34.2 Å². The van der Waals surface area contributed by atoms with Crippen LogP contribution in [0.15, 0.2) is 67.1 Å². The first-order chi connectivity index (χ1) is 15.9. The number of carbonyl (C=O) groups is 1. The summed E-state index contributed by atoms with van der Waals surface area (Å²) in [5.41, 5.74) is 4.12. The highest BCUT2D eigenvalue weighted by atomic mass is 16.1. The predicted octanol–water partition coefficient (Wildman–Crippen LogP) is 4.52. The molecule has 0 aliphatic rings. The normalized spacial score (nSPS) is 12.5. The highest BCUT2D eigenvalue weighted by Gasteiger charge is 2.20. The maximum Gasteiger partial charge on any atom is 0.244 e. The van der Waals surface area contributed by atoms with Gasteiger partial charge in [0.2, 0.25) is 5.91 Å². The minimum absolute atomic E-state index is 0.177. The minimum Gasteiger partial charge on any atom is -0.339 e. The Morgan fingerprint density at radius 1 is 1.09 bits per heavy atom. The fourth-order valence-electron chi connectivity index (χ4n) is 4.14. The molecular formula is C26H30N6O. The number of aryl methyl sites for hydroxylation is 2. The lowest BCUT2D eigenvalue weighted by Crippen LogP contribution is -2.29. The van der Waals surface area contributed by atoms with E-state index < -0.39 is 0 Å². The molecule has 33 heavy (non-hydrogen) atoms. The number of nitrogens with zero attached hydrogens (tertiary/aromatic N) is 5. The Bertz CT molecular complexity index is 1280. The van der Waals surface area contributed by atoms with Crippen molar-refractivity contribution in [3.8, 4) is 5.82 Å². The van der Waals surface area contributed by atoms with E-state index in [1.807, 2.05) is 71.2 Å². The van der Waals surface area contributed by atoms with Crippen molar-refractivity contribution in [3.63, 3.8) is 0 Å². The van der Waals surface area contributed by atoms with Crippen LogP contribution in [0.3, 0.4) is 0 Å². The third kappa shape index (κ3) is 4.53. The second-order valence-corrected chi connectivity index (χ2v) is 8.47. The summed E-state index contributed by atoms with van der Waals surface area (Å²) in [6, 6.07) is 13.9. The summed E-state index contributed by atoms with van der Waals surface area (Å²) >= 11 is 0. The van der Waals surface area contributed by atoms with Gasteiger partial charge in [-0.3, -0.25) is 4.79 Å². The monoisotopic (exact) mass is 442 g/mol. The molecule has 4 aromatic rings. The van der Waals surface area contributed by atoms with Crippen LogP contribution in [-0.2, 0) is 11.8 Å². The average Bonchev–Trinajstić information content (AvgIpc) is 3.50. The van der Waals surface area contributed by atoms with Gasteiger partial charge in [0, 0.05) is 49.0 Å². The second kappa shape index (κ2) is 9.32. The van der Waals surface area contributed by atoms with Crippen LogP contribution in [0.2, 0.25) is 0 Å². The molecule has 0 aliphatic carbocycles. The molecule has 0 saturated heterocycles. The van der Waals surface area contributed by atoms with Gasteiger partial charge in [-0.15, -0.1) is 0 Å². The first-order valence-corrected chi connectivity index (χ1v) is 11.1. The Balaban J connectivity index is 1.59. The van der Waals surface area contributed by atoms with Gasteiger partial charge in [-0.2, -0.15) is 5.10 Å². The minimum atomic E-state index is -0.337. The van der Waals surface area contributed by atoms with Crippen LogP contribution in [0.5, 0.6) is 0 Å². The lowest BCUT2D eigenvalue weighted by molar-refractivity contribution is -0.117. The van der Waals surface area contributed by atoms with E-state index in [4.69, 9.17) is 0 Å². The molecule has 3 aromatic heterocycles. The third-order valence-corrected chi connectivity index (χ3v) is 5.79. The molecule has 1 N–H and O–H groups in total. The van der Waals surface area contributed by atoms with Crippen molar-refractivity contribution in [2.75, 3.05) is 0 Å². The Hall–Kier alpha value is -3.87. The molecule has 0 spiro atoms. The van der Waals surface area contributed by atoms with Gasteiger partial charge in [-0.1, -0.05) is 30.3 Å². The van der Waals surface area contributed by atoms with Crippen LogP contribution >= 0.6 is 0 Å². The number of imidazole rings is 1. The lowest BCUT2D eigenvalue weighted by atomic mass is 10.1. The molecule has 7 heteroatoms. The number of nitrogens with one attached hydrogen (secondary N) is 1. The summed E-state index contributed by atoms with van der Waals surface area (Å²) in [4.78, 5) is 17.4. The maximum absolute atomic E-state index is 12.9. The highest BCUT2D eigenvalue weighted by Crippen LogP contribution is 2.24. The largest absolute Gasteiger partial charge is 0.339 e. The molecule has 7 nitrogen and oxygen atoms in total. The van der Waals surface area contributed by atoms with Crippen LogP contribution in [0.25, 0.3) is 11.9 Å². The van der Waals surface area contributed by atoms with Crippen molar-refractivity contribution >= 4 is 12.0 Å². The Morgan fingerprint density at radius 2 is 1.85 bits per heavy atom. The quantitative estimate of drug-likeness (QED) is 0.428. The summed E-state index contributed by atoms with van der Waals surface area (Å²) in [6.07, 6.45) is 8.89. The Morgan fingerprint density at radius 3 is 2.52 bits per heavy atom. The molecule has 0 radical (unpaired) electrons. The number of benzene rings is 1. The molecule has 1 atom stereocenters. The highest BCUT2D eigenvalue weighted by molar-refractivity contribution is 5.92. The first kappa shape index (κ1) is 22.3. The van der Waals surface area contributed by atoms with Gasteiger partial charge >= 0.3 is 0 Å². The van der Waals surface area contributed by atoms with Gasteiger partial charge in [0.05, 0.1) is 6.20 Å².